The Morgan fingerprint density at radius 1 is 0.926 bits per heavy atom. The van der Waals surface area contributed by atoms with Crippen LogP contribution in [0.15, 0.2) is 34.8 Å². The Balaban J connectivity index is 1.39. The highest BCUT2D eigenvalue weighted by molar-refractivity contribution is 9.10. The Morgan fingerprint density at radius 3 is 2.26 bits per heavy atom. The molecular weight excluding hydrogens is 406 g/mol. The van der Waals surface area contributed by atoms with E-state index in [1.54, 1.807) is 0 Å². The third-order valence-electron chi connectivity index (χ3n) is 5.14. The van der Waals surface area contributed by atoms with Crippen LogP contribution in [0.2, 0.25) is 0 Å². The summed E-state index contributed by atoms with van der Waals surface area (Å²) in [5.74, 6) is 2.91. The number of ether oxygens (including phenoxy) is 1. The molecule has 0 bridgehead atoms. The average Bonchev–Trinajstić information content (AvgIpc) is 2.69. The zero-order valence-corrected chi connectivity index (χ0v) is 17.4. The SMILES string of the molecule is Cc1nc(N2CCOCC2)cc(N2CCN(Cc3cccc(Br)c3)CC2)n1. The fraction of sp³-hybridized carbons (Fsp3) is 0.500. The standard InChI is InChI=1S/C20H26BrN5O/c1-16-22-19(14-20(23-16)26-9-11-27-12-10-26)25-7-5-24(6-8-25)15-17-3-2-4-18(21)13-17/h2-4,13-14H,5-12,15H2,1H3. The summed E-state index contributed by atoms with van der Waals surface area (Å²) in [5, 5.41) is 0. The summed E-state index contributed by atoms with van der Waals surface area (Å²) in [6, 6.07) is 10.7. The molecular formula is C20H26BrN5O. The number of rotatable bonds is 4. The van der Waals surface area contributed by atoms with Gasteiger partial charge in [-0.1, -0.05) is 28.1 Å². The number of piperazine rings is 1. The van der Waals surface area contributed by atoms with Crippen LogP contribution < -0.4 is 9.80 Å². The Morgan fingerprint density at radius 2 is 1.59 bits per heavy atom. The van der Waals surface area contributed by atoms with Crippen molar-refractivity contribution in [1.82, 2.24) is 14.9 Å². The molecule has 1 aromatic heterocycles. The lowest BCUT2D eigenvalue weighted by atomic mass is 10.2. The van der Waals surface area contributed by atoms with E-state index in [0.717, 1.165) is 81.0 Å². The van der Waals surface area contributed by atoms with E-state index < -0.39 is 0 Å². The summed E-state index contributed by atoms with van der Waals surface area (Å²) < 4.78 is 6.61. The zero-order chi connectivity index (χ0) is 18.6. The summed E-state index contributed by atoms with van der Waals surface area (Å²) >= 11 is 3.56. The van der Waals surface area contributed by atoms with Crippen molar-refractivity contribution in [3.63, 3.8) is 0 Å². The van der Waals surface area contributed by atoms with Crippen molar-refractivity contribution in [3.8, 4) is 0 Å². The Bertz CT molecular complexity index is 773. The lowest BCUT2D eigenvalue weighted by Gasteiger charge is -2.36. The topological polar surface area (TPSA) is 44.7 Å². The van der Waals surface area contributed by atoms with Gasteiger partial charge < -0.3 is 14.5 Å². The van der Waals surface area contributed by atoms with Gasteiger partial charge in [-0.2, -0.15) is 0 Å². The summed E-state index contributed by atoms with van der Waals surface area (Å²) in [5.41, 5.74) is 1.35. The molecule has 7 heteroatoms. The van der Waals surface area contributed by atoms with Gasteiger partial charge in [-0.05, 0) is 24.6 Å². The molecule has 0 radical (unpaired) electrons. The van der Waals surface area contributed by atoms with Crippen LogP contribution in [0.3, 0.4) is 0 Å². The zero-order valence-electron chi connectivity index (χ0n) is 15.8. The van der Waals surface area contributed by atoms with Crippen molar-refractivity contribution in [2.24, 2.45) is 0 Å². The fourth-order valence-corrected chi connectivity index (χ4v) is 4.13. The second-order valence-electron chi connectivity index (χ2n) is 7.12. The quantitative estimate of drug-likeness (QED) is 0.741. The maximum Gasteiger partial charge on any atom is 0.134 e. The molecule has 2 fully saturated rings. The molecule has 6 nitrogen and oxygen atoms in total. The first-order chi connectivity index (χ1) is 13.2. The highest BCUT2D eigenvalue weighted by Crippen LogP contribution is 2.22. The van der Waals surface area contributed by atoms with Crippen molar-refractivity contribution in [1.29, 1.82) is 0 Å². The van der Waals surface area contributed by atoms with E-state index >= 15 is 0 Å². The van der Waals surface area contributed by atoms with Crippen LogP contribution in [0.1, 0.15) is 11.4 Å². The molecule has 2 saturated heterocycles. The summed E-state index contributed by atoms with van der Waals surface area (Å²) in [4.78, 5) is 16.5. The second kappa shape index (κ2) is 8.54. The molecule has 2 aliphatic heterocycles. The van der Waals surface area contributed by atoms with Crippen molar-refractivity contribution in [2.75, 3.05) is 62.3 Å². The first-order valence-electron chi connectivity index (χ1n) is 9.57. The highest BCUT2D eigenvalue weighted by atomic mass is 79.9. The van der Waals surface area contributed by atoms with E-state index in [1.165, 1.54) is 5.56 Å². The van der Waals surface area contributed by atoms with Gasteiger partial charge in [0.15, 0.2) is 0 Å². The maximum atomic E-state index is 5.46. The van der Waals surface area contributed by atoms with Gasteiger partial charge in [-0.15, -0.1) is 0 Å². The van der Waals surface area contributed by atoms with Crippen LogP contribution in [-0.4, -0.2) is 67.4 Å². The van der Waals surface area contributed by atoms with Crippen molar-refractivity contribution in [2.45, 2.75) is 13.5 Å². The number of aromatic nitrogens is 2. The number of nitrogens with zero attached hydrogens (tertiary/aromatic N) is 5. The van der Waals surface area contributed by atoms with Crippen molar-refractivity contribution < 1.29 is 4.74 Å². The summed E-state index contributed by atoms with van der Waals surface area (Å²) in [6.07, 6.45) is 0. The number of morpholine rings is 1. The molecule has 27 heavy (non-hydrogen) atoms. The number of hydrogen-bond donors (Lipinski definition) is 0. The molecule has 0 amide bonds. The van der Waals surface area contributed by atoms with E-state index in [1.807, 2.05) is 6.92 Å². The Labute approximate surface area is 169 Å². The molecule has 0 saturated carbocycles. The predicted molar refractivity (Wildman–Crippen MR) is 111 cm³/mol. The molecule has 144 valence electrons. The molecule has 0 unspecified atom stereocenters. The largest absolute Gasteiger partial charge is 0.378 e. The van der Waals surface area contributed by atoms with Gasteiger partial charge in [0, 0.05) is 56.4 Å². The molecule has 2 aliphatic rings. The molecule has 0 spiro atoms. The number of hydrogen-bond acceptors (Lipinski definition) is 6. The van der Waals surface area contributed by atoms with Crippen molar-refractivity contribution >= 4 is 27.6 Å². The average molecular weight is 432 g/mol. The molecule has 3 heterocycles. The second-order valence-corrected chi connectivity index (χ2v) is 8.04. The number of halogens is 1. The third kappa shape index (κ3) is 4.78. The van der Waals surface area contributed by atoms with E-state index in [9.17, 15) is 0 Å². The normalized spacial score (nSPS) is 18.7. The molecule has 1 aromatic carbocycles. The third-order valence-corrected chi connectivity index (χ3v) is 5.63. The van der Waals surface area contributed by atoms with Crippen LogP contribution in [0.5, 0.6) is 0 Å². The molecule has 4 rings (SSSR count). The van der Waals surface area contributed by atoms with Gasteiger partial charge in [0.2, 0.25) is 0 Å². The first kappa shape index (κ1) is 18.7. The molecule has 0 atom stereocenters. The number of aryl methyl sites for hydroxylation is 1. The first-order valence-corrected chi connectivity index (χ1v) is 10.4. The summed E-state index contributed by atoms with van der Waals surface area (Å²) in [6.45, 7) is 10.4. The number of anilines is 2. The maximum absolute atomic E-state index is 5.46. The predicted octanol–water partition coefficient (Wildman–Crippen LogP) is 2.71. The van der Waals surface area contributed by atoms with Gasteiger partial charge in [-0.25, -0.2) is 9.97 Å². The van der Waals surface area contributed by atoms with E-state index in [-0.39, 0.29) is 0 Å². The fourth-order valence-electron chi connectivity index (χ4n) is 3.68. The smallest absolute Gasteiger partial charge is 0.134 e. The van der Waals surface area contributed by atoms with Crippen LogP contribution in [0.4, 0.5) is 11.6 Å². The van der Waals surface area contributed by atoms with Crippen LogP contribution in [0, 0.1) is 6.92 Å². The highest BCUT2D eigenvalue weighted by Gasteiger charge is 2.21. The molecule has 0 aliphatic carbocycles. The minimum atomic E-state index is 0.770. The minimum Gasteiger partial charge on any atom is -0.378 e. The van der Waals surface area contributed by atoms with E-state index in [0.29, 0.717) is 0 Å². The lowest BCUT2D eigenvalue weighted by molar-refractivity contribution is 0.122. The minimum absolute atomic E-state index is 0.770. The van der Waals surface area contributed by atoms with Gasteiger partial charge in [-0.3, -0.25) is 4.90 Å². The number of benzene rings is 1. The Hall–Kier alpha value is -1.70. The molecule has 0 N–H and O–H groups in total. The van der Waals surface area contributed by atoms with E-state index in [4.69, 9.17) is 9.72 Å². The Kier molecular flexibility index (Phi) is 5.90. The molecule has 2 aromatic rings. The van der Waals surface area contributed by atoms with Crippen LogP contribution in [-0.2, 0) is 11.3 Å². The van der Waals surface area contributed by atoms with Crippen LogP contribution in [0.25, 0.3) is 0 Å². The summed E-state index contributed by atoms with van der Waals surface area (Å²) in [7, 11) is 0. The van der Waals surface area contributed by atoms with Gasteiger partial charge in [0.25, 0.3) is 0 Å². The van der Waals surface area contributed by atoms with E-state index in [2.05, 4.69) is 65.9 Å². The lowest BCUT2D eigenvalue weighted by Crippen LogP contribution is -2.46. The van der Waals surface area contributed by atoms with Gasteiger partial charge >= 0.3 is 0 Å². The monoisotopic (exact) mass is 431 g/mol. The van der Waals surface area contributed by atoms with Gasteiger partial charge in [0.1, 0.15) is 17.5 Å². The van der Waals surface area contributed by atoms with Crippen molar-refractivity contribution in [3.05, 3.63) is 46.2 Å². The van der Waals surface area contributed by atoms with Gasteiger partial charge in [0.05, 0.1) is 13.2 Å². The van der Waals surface area contributed by atoms with Crippen LogP contribution >= 0.6 is 15.9 Å².